The van der Waals surface area contributed by atoms with Gasteiger partial charge in [0.25, 0.3) is 5.89 Å². The van der Waals surface area contributed by atoms with E-state index >= 15 is 0 Å². The number of Topliss-reactive ketones (excluding diaryl/α,β-unsaturated/α-hetero) is 1. The summed E-state index contributed by atoms with van der Waals surface area (Å²) in [7, 11) is 0. The van der Waals surface area contributed by atoms with Gasteiger partial charge in [0, 0.05) is 12.3 Å². The second kappa shape index (κ2) is 3.55. The van der Waals surface area contributed by atoms with E-state index in [-0.39, 0.29) is 17.5 Å². The van der Waals surface area contributed by atoms with Crippen LogP contribution in [0, 0.1) is 0 Å². The average molecular weight is 228 g/mol. The molecule has 1 aromatic carbocycles. The van der Waals surface area contributed by atoms with Crippen molar-refractivity contribution in [3.8, 4) is 11.6 Å². The summed E-state index contributed by atoms with van der Waals surface area (Å²) in [6.45, 7) is 1.37. The van der Waals surface area contributed by atoms with Gasteiger partial charge in [-0.05, 0) is 12.1 Å². The Kier molecular flexibility index (Phi) is 2.04. The quantitative estimate of drug-likeness (QED) is 0.630. The first-order chi connectivity index (χ1) is 8.24. The number of furan rings is 1. The van der Waals surface area contributed by atoms with Crippen LogP contribution in [0.2, 0.25) is 0 Å². The van der Waals surface area contributed by atoms with Gasteiger partial charge in [0.05, 0.1) is 0 Å². The molecule has 0 fully saturated rings. The molecule has 0 bridgehead atoms. The molecule has 0 radical (unpaired) electrons. The summed E-state index contributed by atoms with van der Waals surface area (Å²) in [6.07, 6.45) is 0. The third kappa shape index (κ3) is 1.61. The third-order valence-electron chi connectivity index (χ3n) is 2.37. The van der Waals surface area contributed by atoms with Gasteiger partial charge >= 0.3 is 0 Å². The Morgan fingerprint density at radius 3 is 2.82 bits per heavy atom. The SMILES string of the molecule is CC(=O)c1nc(-c2cc3ccccc3o2)no1. The first-order valence-corrected chi connectivity index (χ1v) is 5.07. The molecule has 2 heterocycles. The summed E-state index contributed by atoms with van der Waals surface area (Å²) < 4.78 is 10.4. The van der Waals surface area contributed by atoms with Crippen LogP contribution in [0.15, 0.2) is 39.3 Å². The smallest absolute Gasteiger partial charge is 0.294 e. The van der Waals surface area contributed by atoms with Gasteiger partial charge in [-0.1, -0.05) is 23.4 Å². The highest BCUT2D eigenvalue weighted by atomic mass is 16.5. The number of rotatable bonds is 2. The maximum Gasteiger partial charge on any atom is 0.294 e. The van der Waals surface area contributed by atoms with Gasteiger partial charge in [-0.3, -0.25) is 4.79 Å². The van der Waals surface area contributed by atoms with Crippen LogP contribution in [0.25, 0.3) is 22.6 Å². The van der Waals surface area contributed by atoms with E-state index in [4.69, 9.17) is 8.94 Å². The number of fused-ring (bicyclic) bond motifs is 1. The van der Waals surface area contributed by atoms with E-state index < -0.39 is 0 Å². The Balaban J connectivity index is 2.10. The molecule has 0 atom stereocenters. The van der Waals surface area contributed by atoms with E-state index in [9.17, 15) is 4.79 Å². The molecule has 0 aliphatic rings. The molecule has 0 N–H and O–H groups in total. The van der Waals surface area contributed by atoms with E-state index in [0.29, 0.717) is 5.76 Å². The number of aromatic nitrogens is 2. The molecular weight excluding hydrogens is 220 g/mol. The van der Waals surface area contributed by atoms with Crippen molar-refractivity contribution in [3.63, 3.8) is 0 Å². The predicted molar refractivity (Wildman–Crippen MR) is 59.5 cm³/mol. The number of para-hydroxylation sites is 1. The Morgan fingerprint density at radius 1 is 1.29 bits per heavy atom. The van der Waals surface area contributed by atoms with Crippen molar-refractivity contribution in [1.29, 1.82) is 0 Å². The molecule has 0 saturated heterocycles. The zero-order valence-corrected chi connectivity index (χ0v) is 9.01. The number of benzene rings is 1. The van der Waals surface area contributed by atoms with E-state index in [2.05, 4.69) is 10.1 Å². The molecule has 0 saturated carbocycles. The first kappa shape index (κ1) is 9.77. The highest BCUT2D eigenvalue weighted by Gasteiger charge is 2.15. The molecule has 0 amide bonds. The van der Waals surface area contributed by atoms with Crippen molar-refractivity contribution in [2.24, 2.45) is 0 Å². The van der Waals surface area contributed by atoms with Gasteiger partial charge in [-0.25, -0.2) is 0 Å². The van der Waals surface area contributed by atoms with Gasteiger partial charge < -0.3 is 8.94 Å². The van der Waals surface area contributed by atoms with Gasteiger partial charge in [-0.2, -0.15) is 4.98 Å². The minimum Gasteiger partial charge on any atom is -0.453 e. The van der Waals surface area contributed by atoms with E-state index in [1.807, 2.05) is 30.3 Å². The predicted octanol–water partition coefficient (Wildman–Crippen LogP) is 2.69. The van der Waals surface area contributed by atoms with Crippen molar-refractivity contribution < 1.29 is 13.7 Å². The third-order valence-corrected chi connectivity index (χ3v) is 2.37. The summed E-state index contributed by atoms with van der Waals surface area (Å²) in [6, 6.07) is 9.38. The van der Waals surface area contributed by atoms with Gasteiger partial charge in [0.1, 0.15) is 5.58 Å². The molecule has 5 nitrogen and oxygen atoms in total. The fourth-order valence-corrected chi connectivity index (χ4v) is 1.56. The lowest BCUT2D eigenvalue weighted by atomic mass is 10.2. The second-order valence-corrected chi connectivity index (χ2v) is 3.63. The lowest BCUT2D eigenvalue weighted by Crippen LogP contribution is -1.90. The molecule has 0 aliphatic carbocycles. The summed E-state index contributed by atoms with van der Waals surface area (Å²) in [4.78, 5) is 15.0. The molecule has 84 valence electrons. The summed E-state index contributed by atoms with van der Waals surface area (Å²) in [5, 5.41) is 4.66. The highest BCUT2D eigenvalue weighted by Crippen LogP contribution is 2.25. The molecule has 2 aromatic heterocycles. The van der Waals surface area contributed by atoms with E-state index in [1.54, 1.807) is 0 Å². The number of ketones is 1. The monoisotopic (exact) mass is 228 g/mol. The van der Waals surface area contributed by atoms with E-state index in [0.717, 1.165) is 11.0 Å². The van der Waals surface area contributed by atoms with Crippen molar-refractivity contribution in [2.45, 2.75) is 6.92 Å². The number of carbonyl (C=O) groups is 1. The van der Waals surface area contributed by atoms with Gasteiger partial charge in [0.2, 0.25) is 11.6 Å². The summed E-state index contributed by atoms with van der Waals surface area (Å²) in [5.74, 6) is 0.495. The van der Waals surface area contributed by atoms with Crippen molar-refractivity contribution in [1.82, 2.24) is 10.1 Å². The average Bonchev–Trinajstić information content (AvgIpc) is 2.95. The number of nitrogens with zero attached hydrogens (tertiary/aromatic N) is 2. The molecule has 5 heteroatoms. The summed E-state index contributed by atoms with van der Waals surface area (Å²) in [5.41, 5.74) is 0.747. The molecule has 3 rings (SSSR count). The number of hydrogen-bond donors (Lipinski definition) is 0. The zero-order chi connectivity index (χ0) is 11.8. The normalized spacial score (nSPS) is 10.9. The fraction of sp³-hybridized carbons (Fsp3) is 0.0833. The topological polar surface area (TPSA) is 69.1 Å². The molecule has 3 aromatic rings. The van der Waals surface area contributed by atoms with Crippen LogP contribution in [0.1, 0.15) is 17.6 Å². The van der Waals surface area contributed by atoms with Crippen molar-refractivity contribution >= 4 is 16.8 Å². The Morgan fingerprint density at radius 2 is 2.12 bits per heavy atom. The lowest BCUT2D eigenvalue weighted by molar-refractivity contribution is 0.0972. The largest absolute Gasteiger partial charge is 0.453 e. The van der Waals surface area contributed by atoms with Crippen LogP contribution in [-0.4, -0.2) is 15.9 Å². The van der Waals surface area contributed by atoms with Crippen LogP contribution in [-0.2, 0) is 0 Å². The van der Waals surface area contributed by atoms with Crippen molar-refractivity contribution in [3.05, 3.63) is 36.2 Å². The molecule has 17 heavy (non-hydrogen) atoms. The fourth-order valence-electron chi connectivity index (χ4n) is 1.56. The highest BCUT2D eigenvalue weighted by molar-refractivity contribution is 5.89. The lowest BCUT2D eigenvalue weighted by Gasteiger charge is -1.84. The van der Waals surface area contributed by atoms with Crippen molar-refractivity contribution in [2.75, 3.05) is 0 Å². The second-order valence-electron chi connectivity index (χ2n) is 3.63. The number of carbonyl (C=O) groups excluding carboxylic acids is 1. The molecule has 0 unspecified atom stereocenters. The van der Waals surface area contributed by atoms with E-state index in [1.165, 1.54) is 6.92 Å². The van der Waals surface area contributed by atoms with Crippen LogP contribution in [0.4, 0.5) is 0 Å². The molecule has 0 spiro atoms. The molecular formula is C12H8N2O3. The zero-order valence-electron chi connectivity index (χ0n) is 9.01. The minimum atomic E-state index is -0.264. The van der Waals surface area contributed by atoms with Gasteiger partial charge in [-0.15, -0.1) is 0 Å². The Hall–Kier alpha value is -2.43. The van der Waals surface area contributed by atoms with Crippen LogP contribution >= 0.6 is 0 Å². The first-order valence-electron chi connectivity index (χ1n) is 5.07. The Bertz CT molecular complexity index is 663. The Labute approximate surface area is 96.0 Å². The maximum absolute atomic E-state index is 11.0. The standard InChI is InChI=1S/C12H8N2O3/c1-7(15)12-13-11(14-17-12)10-6-8-4-2-3-5-9(8)16-10/h2-6H,1H3. The van der Waals surface area contributed by atoms with Gasteiger partial charge in [0.15, 0.2) is 5.76 Å². The number of hydrogen-bond acceptors (Lipinski definition) is 5. The summed E-state index contributed by atoms with van der Waals surface area (Å²) >= 11 is 0. The van der Waals surface area contributed by atoms with Crippen LogP contribution < -0.4 is 0 Å². The minimum absolute atomic E-state index is 0.0135. The van der Waals surface area contributed by atoms with Crippen LogP contribution in [0.3, 0.4) is 0 Å². The van der Waals surface area contributed by atoms with Crippen LogP contribution in [0.5, 0.6) is 0 Å². The molecule has 0 aliphatic heterocycles. The maximum atomic E-state index is 11.0.